The molecule has 0 bridgehead atoms. The number of aromatic nitrogens is 5. The third-order valence-corrected chi connectivity index (χ3v) is 3.49. The Labute approximate surface area is 108 Å². The summed E-state index contributed by atoms with van der Waals surface area (Å²) < 4.78 is 5.19. The Morgan fingerprint density at radius 1 is 1.32 bits per heavy atom. The van der Waals surface area contributed by atoms with Gasteiger partial charge in [0.1, 0.15) is 0 Å². The zero-order chi connectivity index (χ0) is 12.8. The number of imidazole rings is 1. The Hall–Kier alpha value is -2.37. The molecule has 0 saturated heterocycles. The van der Waals surface area contributed by atoms with Crippen molar-refractivity contribution < 1.29 is 0 Å². The number of hydrogen-bond donors (Lipinski definition) is 0. The van der Waals surface area contributed by atoms with Crippen LogP contribution in [-0.2, 0) is 6.54 Å². The molecule has 3 aromatic rings. The summed E-state index contributed by atoms with van der Waals surface area (Å²) >= 11 is 0. The molecule has 6 nitrogen and oxygen atoms in total. The zero-order valence-electron chi connectivity index (χ0n) is 10.3. The zero-order valence-corrected chi connectivity index (χ0v) is 10.3. The summed E-state index contributed by atoms with van der Waals surface area (Å²) in [7, 11) is 0. The molecule has 0 radical (unpaired) electrons. The molecule has 4 rings (SSSR count). The van der Waals surface area contributed by atoms with Crippen LogP contribution in [0.5, 0.6) is 0 Å². The van der Waals surface area contributed by atoms with Gasteiger partial charge in [-0.2, -0.15) is 0 Å². The molecule has 1 fully saturated rings. The fourth-order valence-electron chi connectivity index (χ4n) is 2.36. The highest BCUT2D eigenvalue weighted by atomic mass is 16.2. The lowest BCUT2D eigenvalue weighted by molar-refractivity contribution is 0.600. The van der Waals surface area contributed by atoms with E-state index in [0.717, 1.165) is 5.69 Å². The molecule has 3 aromatic heterocycles. The quantitative estimate of drug-likeness (QED) is 0.703. The molecule has 0 spiro atoms. The lowest BCUT2D eigenvalue weighted by Gasteiger charge is -2.05. The van der Waals surface area contributed by atoms with E-state index in [9.17, 15) is 4.79 Å². The van der Waals surface area contributed by atoms with E-state index in [1.165, 1.54) is 17.5 Å². The van der Waals surface area contributed by atoms with Gasteiger partial charge in [-0.25, -0.2) is 14.5 Å². The van der Waals surface area contributed by atoms with Crippen LogP contribution in [0, 0.1) is 0 Å². The van der Waals surface area contributed by atoms with Crippen molar-refractivity contribution in [3.05, 3.63) is 53.1 Å². The molecule has 6 heteroatoms. The summed E-state index contributed by atoms with van der Waals surface area (Å²) in [6.07, 6.45) is 7.79. The normalized spacial score (nSPS) is 15.2. The smallest absolute Gasteiger partial charge is 0.330 e. The van der Waals surface area contributed by atoms with E-state index in [0.29, 0.717) is 18.2 Å². The molecular weight excluding hydrogens is 242 g/mol. The minimum atomic E-state index is -0.112. The SMILES string of the molecule is O=c1n(Cc2cncn2C2CC2)nc2ccccn12. The Kier molecular flexibility index (Phi) is 2.11. The lowest BCUT2D eigenvalue weighted by atomic mass is 10.4. The highest BCUT2D eigenvalue weighted by molar-refractivity contribution is 5.35. The van der Waals surface area contributed by atoms with Crippen LogP contribution >= 0.6 is 0 Å². The minimum Gasteiger partial charge on any atom is -0.330 e. The van der Waals surface area contributed by atoms with Crippen molar-refractivity contribution in [2.45, 2.75) is 25.4 Å². The molecule has 0 aliphatic heterocycles. The number of pyridine rings is 1. The van der Waals surface area contributed by atoms with Crippen molar-refractivity contribution in [2.75, 3.05) is 0 Å². The van der Waals surface area contributed by atoms with Crippen LogP contribution in [0.1, 0.15) is 24.6 Å². The third-order valence-electron chi connectivity index (χ3n) is 3.49. The van der Waals surface area contributed by atoms with Gasteiger partial charge in [0.2, 0.25) is 0 Å². The van der Waals surface area contributed by atoms with Crippen molar-refractivity contribution in [1.82, 2.24) is 23.7 Å². The molecule has 0 amide bonds. The summed E-state index contributed by atoms with van der Waals surface area (Å²) in [5.41, 5.74) is 1.59. The van der Waals surface area contributed by atoms with Gasteiger partial charge in [0.15, 0.2) is 5.65 Å². The molecule has 0 aromatic carbocycles. The molecular formula is C13H13N5O. The van der Waals surface area contributed by atoms with Gasteiger partial charge in [0.05, 0.1) is 24.8 Å². The van der Waals surface area contributed by atoms with E-state index in [-0.39, 0.29) is 5.69 Å². The molecule has 0 N–H and O–H groups in total. The second-order valence-electron chi connectivity index (χ2n) is 4.89. The molecule has 3 heterocycles. The van der Waals surface area contributed by atoms with Crippen LogP contribution in [0.25, 0.3) is 5.65 Å². The van der Waals surface area contributed by atoms with Crippen LogP contribution in [0.3, 0.4) is 0 Å². The van der Waals surface area contributed by atoms with E-state index in [4.69, 9.17) is 0 Å². The molecule has 1 aliphatic carbocycles. The maximum Gasteiger partial charge on any atom is 0.350 e. The van der Waals surface area contributed by atoms with Crippen molar-refractivity contribution in [3.8, 4) is 0 Å². The lowest BCUT2D eigenvalue weighted by Crippen LogP contribution is -2.22. The third kappa shape index (κ3) is 1.68. The van der Waals surface area contributed by atoms with Crippen molar-refractivity contribution in [2.24, 2.45) is 0 Å². The predicted octanol–water partition coefficient (Wildman–Crippen LogP) is 1.08. The summed E-state index contributed by atoms with van der Waals surface area (Å²) in [4.78, 5) is 16.4. The monoisotopic (exact) mass is 255 g/mol. The maximum absolute atomic E-state index is 12.2. The average molecular weight is 255 g/mol. The van der Waals surface area contributed by atoms with Gasteiger partial charge in [0.25, 0.3) is 0 Å². The fourth-order valence-corrected chi connectivity index (χ4v) is 2.36. The van der Waals surface area contributed by atoms with E-state index >= 15 is 0 Å². The molecule has 0 unspecified atom stereocenters. The van der Waals surface area contributed by atoms with E-state index in [1.54, 1.807) is 10.6 Å². The fraction of sp³-hybridized carbons (Fsp3) is 0.308. The van der Waals surface area contributed by atoms with Gasteiger partial charge in [-0.05, 0) is 25.0 Å². The summed E-state index contributed by atoms with van der Waals surface area (Å²) in [5.74, 6) is 0. The van der Waals surface area contributed by atoms with Gasteiger partial charge in [-0.15, -0.1) is 5.10 Å². The average Bonchev–Trinajstić information content (AvgIpc) is 3.10. The first-order chi connectivity index (χ1) is 9.33. The summed E-state index contributed by atoms with van der Waals surface area (Å²) in [6, 6.07) is 6.09. The van der Waals surface area contributed by atoms with Gasteiger partial charge in [-0.1, -0.05) is 6.07 Å². The predicted molar refractivity (Wildman–Crippen MR) is 69.1 cm³/mol. The van der Waals surface area contributed by atoms with E-state index in [2.05, 4.69) is 14.6 Å². The second-order valence-corrected chi connectivity index (χ2v) is 4.89. The Morgan fingerprint density at radius 2 is 2.21 bits per heavy atom. The summed E-state index contributed by atoms with van der Waals surface area (Å²) in [6.45, 7) is 0.469. The Morgan fingerprint density at radius 3 is 3.00 bits per heavy atom. The van der Waals surface area contributed by atoms with Crippen LogP contribution in [0.15, 0.2) is 41.7 Å². The molecule has 1 saturated carbocycles. The van der Waals surface area contributed by atoms with Crippen LogP contribution < -0.4 is 5.69 Å². The number of hydrogen-bond acceptors (Lipinski definition) is 3. The van der Waals surface area contributed by atoms with Crippen LogP contribution in [0.2, 0.25) is 0 Å². The van der Waals surface area contributed by atoms with Gasteiger partial charge < -0.3 is 4.57 Å². The van der Waals surface area contributed by atoms with Crippen LogP contribution in [0.4, 0.5) is 0 Å². The molecule has 1 aliphatic rings. The van der Waals surface area contributed by atoms with Crippen molar-refractivity contribution >= 4 is 5.65 Å². The topological polar surface area (TPSA) is 57.1 Å². The van der Waals surface area contributed by atoms with Gasteiger partial charge >= 0.3 is 5.69 Å². The number of rotatable bonds is 3. The number of nitrogens with zero attached hydrogens (tertiary/aromatic N) is 5. The van der Waals surface area contributed by atoms with Crippen molar-refractivity contribution in [3.63, 3.8) is 0 Å². The number of fused-ring (bicyclic) bond motifs is 1. The van der Waals surface area contributed by atoms with E-state index in [1.807, 2.05) is 30.7 Å². The Bertz CT molecular complexity index is 793. The van der Waals surface area contributed by atoms with Gasteiger partial charge in [-0.3, -0.25) is 4.40 Å². The molecule has 19 heavy (non-hydrogen) atoms. The summed E-state index contributed by atoms with van der Waals surface area (Å²) in [5, 5.41) is 4.33. The molecule has 96 valence electrons. The first kappa shape index (κ1) is 10.5. The standard InChI is InChI=1S/C13H13N5O/c19-13-16-6-2-1-3-12(16)15-18(13)8-11-7-14-9-17(11)10-4-5-10/h1-3,6-7,9-10H,4-5,8H2. The first-order valence-electron chi connectivity index (χ1n) is 6.38. The van der Waals surface area contributed by atoms with Crippen molar-refractivity contribution in [1.29, 1.82) is 0 Å². The Balaban J connectivity index is 1.76. The highest BCUT2D eigenvalue weighted by Gasteiger charge is 2.25. The van der Waals surface area contributed by atoms with Gasteiger partial charge in [0, 0.05) is 12.2 Å². The first-order valence-corrected chi connectivity index (χ1v) is 6.38. The largest absolute Gasteiger partial charge is 0.350 e. The highest BCUT2D eigenvalue weighted by Crippen LogP contribution is 2.35. The maximum atomic E-state index is 12.2. The van der Waals surface area contributed by atoms with Crippen LogP contribution in [-0.4, -0.2) is 23.7 Å². The molecule has 0 atom stereocenters. The second kappa shape index (κ2) is 3.81. The minimum absolute atomic E-state index is 0.112. The van der Waals surface area contributed by atoms with E-state index < -0.39 is 0 Å².